The van der Waals surface area contributed by atoms with E-state index in [9.17, 15) is 0 Å². The molecule has 0 saturated heterocycles. The molecule has 13 heavy (non-hydrogen) atoms. The minimum atomic E-state index is 0.391. The van der Waals surface area contributed by atoms with Crippen LogP contribution in [0.5, 0.6) is 0 Å². The lowest BCUT2D eigenvalue weighted by Gasteiger charge is -2.33. The Kier molecular flexibility index (Phi) is 2.19. The molecule has 0 bridgehead atoms. The van der Waals surface area contributed by atoms with Gasteiger partial charge >= 0.3 is 0 Å². The Bertz CT molecular complexity index is 292. The fourth-order valence-electron chi connectivity index (χ4n) is 1.61. The Morgan fingerprint density at radius 2 is 2.23 bits per heavy atom. The van der Waals surface area contributed by atoms with E-state index in [0.29, 0.717) is 12.1 Å². The fourth-order valence-corrected chi connectivity index (χ4v) is 1.61. The first-order valence-corrected chi connectivity index (χ1v) is 4.70. The number of aromatic nitrogens is 1. The van der Waals surface area contributed by atoms with Crippen molar-refractivity contribution < 1.29 is 0 Å². The quantitative estimate of drug-likeness (QED) is 0.715. The molecule has 0 radical (unpaired) electrons. The number of aryl methyl sites for hydroxylation is 1. The first-order chi connectivity index (χ1) is 6.24. The van der Waals surface area contributed by atoms with Crippen LogP contribution in [0.4, 0.5) is 5.82 Å². The Hall–Kier alpha value is -1.09. The molecule has 70 valence electrons. The van der Waals surface area contributed by atoms with Crippen LogP contribution in [-0.2, 0) is 0 Å². The minimum Gasteiger partial charge on any atom is -0.367 e. The van der Waals surface area contributed by atoms with Gasteiger partial charge in [0.1, 0.15) is 5.82 Å². The van der Waals surface area contributed by atoms with E-state index in [0.717, 1.165) is 24.4 Å². The summed E-state index contributed by atoms with van der Waals surface area (Å²) in [5.41, 5.74) is 6.74. The maximum atomic E-state index is 5.69. The van der Waals surface area contributed by atoms with Gasteiger partial charge in [0.25, 0.3) is 0 Å². The highest BCUT2D eigenvalue weighted by Crippen LogP contribution is 2.21. The lowest BCUT2D eigenvalue weighted by molar-refractivity contribution is 0.373. The monoisotopic (exact) mass is 177 g/mol. The first kappa shape index (κ1) is 8.51. The molecule has 1 heterocycles. The Morgan fingerprint density at radius 3 is 2.85 bits per heavy atom. The first-order valence-electron chi connectivity index (χ1n) is 4.70. The van der Waals surface area contributed by atoms with E-state index in [-0.39, 0.29) is 0 Å². The third kappa shape index (κ3) is 1.98. The molecular weight excluding hydrogens is 162 g/mol. The predicted octanol–water partition coefficient (Wildman–Crippen LogP) is 1.29. The number of hydrogen-bond acceptors (Lipinski definition) is 3. The van der Waals surface area contributed by atoms with Crippen LogP contribution in [0.15, 0.2) is 18.2 Å². The minimum absolute atomic E-state index is 0.391. The molecule has 0 aliphatic heterocycles. The van der Waals surface area contributed by atoms with Gasteiger partial charge in [-0.15, -0.1) is 0 Å². The lowest BCUT2D eigenvalue weighted by Crippen LogP contribution is -2.44. The van der Waals surface area contributed by atoms with Crippen molar-refractivity contribution in [3.8, 4) is 0 Å². The van der Waals surface area contributed by atoms with Crippen LogP contribution in [0.3, 0.4) is 0 Å². The summed E-state index contributed by atoms with van der Waals surface area (Å²) in [6.07, 6.45) is 2.13. The van der Waals surface area contributed by atoms with Gasteiger partial charge in [-0.1, -0.05) is 6.07 Å². The standard InChI is InChI=1S/C10H15N3/c1-7-3-2-4-10(12-7)13-9-5-8(11)6-9/h2-4,8-9H,5-6,11H2,1H3,(H,12,13). The zero-order chi connectivity index (χ0) is 9.26. The number of rotatable bonds is 2. The summed E-state index contributed by atoms with van der Waals surface area (Å²) in [5, 5.41) is 3.36. The second kappa shape index (κ2) is 3.34. The number of nitrogens with two attached hydrogens (primary N) is 1. The van der Waals surface area contributed by atoms with Crippen molar-refractivity contribution in [2.45, 2.75) is 31.8 Å². The Labute approximate surface area is 78.4 Å². The van der Waals surface area contributed by atoms with E-state index in [4.69, 9.17) is 5.73 Å². The third-order valence-corrected chi connectivity index (χ3v) is 2.41. The normalized spacial score (nSPS) is 26.6. The summed E-state index contributed by atoms with van der Waals surface area (Å²) >= 11 is 0. The van der Waals surface area contributed by atoms with Crippen molar-refractivity contribution in [2.75, 3.05) is 5.32 Å². The van der Waals surface area contributed by atoms with Crippen LogP contribution in [0.2, 0.25) is 0 Å². The average Bonchev–Trinajstić information content (AvgIpc) is 2.01. The molecule has 1 aromatic rings. The molecule has 1 saturated carbocycles. The SMILES string of the molecule is Cc1cccc(NC2CC(N)C2)n1. The molecule has 1 fully saturated rings. The topological polar surface area (TPSA) is 50.9 Å². The second-order valence-corrected chi connectivity index (χ2v) is 3.74. The largest absolute Gasteiger partial charge is 0.367 e. The van der Waals surface area contributed by atoms with Crippen molar-refractivity contribution in [2.24, 2.45) is 5.73 Å². The molecule has 1 aromatic heterocycles. The molecule has 0 spiro atoms. The van der Waals surface area contributed by atoms with Crippen LogP contribution < -0.4 is 11.1 Å². The smallest absolute Gasteiger partial charge is 0.126 e. The number of anilines is 1. The maximum absolute atomic E-state index is 5.69. The molecule has 2 rings (SSSR count). The summed E-state index contributed by atoms with van der Waals surface area (Å²) < 4.78 is 0. The Morgan fingerprint density at radius 1 is 1.46 bits per heavy atom. The molecule has 3 N–H and O–H groups in total. The van der Waals surface area contributed by atoms with E-state index < -0.39 is 0 Å². The lowest BCUT2D eigenvalue weighted by atomic mass is 9.88. The van der Waals surface area contributed by atoms with Gasteiger partial charge in [0.15, 0.2) is 0 Å². The predicted molar refractivity (Wildman–Crippen MR) is 53.6 cm³/mol. The van der Waals surface area contributed by atoms with Gasteiger partial charge in [-0.25, -0.2) is 4.98 Å². The van der Waals surface area contributed by atoms with E-state index in [1.165, 1.54) is 0 Å². The molecule has 0 atom stereocenters. The molecule has 0 aromatic carbocycles. The Balaban J connectivity index is 1.94. The fraction of sp³-hybridized carbons (Fsp3) is 0.500. The number of nitrogens with zero attached hydrogens (tertiary/aromatic N) is 1. The molecule has 0 unspecified atom stereocenters. The van der Waals surface area contributed by atoms with Gasteiger partial charge in [-0.2, -0.15) is 0 Å². The zero-order valence-electron chi connectivity index (χ0n) is 7.83. The van der Waals surface area contributed by atoms with Gasteiger partial charge in [0.2, 0.25) is 0 Å². The molecular formula is C10H15N3. The van der Waals surface area contributed by atoms with E-state index in [1.807, 2.05) is 25.1 Å². The summed E-state index contributed by atoms with van der Waals surface area (Å²) in [5.74, 6) is 0.969. The number of hydrogen-bond donors (Lipinski definition) is 2. The average molecular weight is 177 g/mol. The van der Waals surface area contributed by atoms with Gasteiger partial charge in [-0.3, -0.25) is 0 Å². The number of pyridine rings is 1. The van der Waals surface area contributed by atoms with Crippen molar-refractivity contribution in [3.63, 3.8) is 0 Å². The third-order valence-electron chi connectivity index (χ3n) is 2.41. The van der Waals surface area contributed by atoms with Gasteiger partial charge < -0.3 is 11.1 Å². The van der Waals surface area contributed by atoms with Crippen LogP contribution in [0.25, 0.3) is 0 Å². The molecule has 1 aliphatic carbocycles. The van der Waals surface area contributed by atoms with E-state index in [1.54, 1.807) is 0 Å². The van der Waals surface area contributed by atoms with Gasteiger partial charge in [0, 0.05) is 17.8 Å². The van der Waals surface area contributed by atoms with Crippen molar-refractivity contribution in [3.05, 3.63) is 23.9 Å². The second-order valence-electron chi connectivity index (χ2n) is 3.74. The van der Waals surface area contributed by atoms with Gasteiger partial charge in [-0.05, 0) is 31.9 Å². The van der Waals surface area contributed by atoms with Gasteiger partial charge in [0.05, 0.1) is 0 Å². The molecule has 1 aliphatic rings. The van der Waals surface area contributed by atoms with Crippen molar-refractivity contribution in [1.82, 2.24) is 4.98 Å². The summed E-state index contributed by atoms with van der Waals surface area (Å²) in [6, 6.07) is 6.93. The zero-order valence-corrected chi connectivity index (χ0v) is 7.83. The van der Waals surface area contributed by atoms with Crippen LogP contribution in [-0.4, -0.2) is 17.1 Å². The number of nitrogens with one attached hydrogen (secondary N) is 1. The van der Waals surface area contributed by atoms with E-state index in [2.05, 4.69) is 10.3 Å². The highest BCUT2D eigenvalue weighted by atomic mass is 15.0. The van der Waals surface area contributed by atoms with Crippen LogP contribution in [0.1, 0.15) is 18.5 Å². The van der Waals surface area contributed by atoms with Crippen molar-refractivity contribution in [1.29, 1.82) is 0 Å². The maximum Gasteiger partial charge on any atom is 0.126 e. The summed E-state index contributed by atoms with van der Waals surface area (Å²) in [6.45, 7) is 2.00. The highest BCUT2D eigenvalue weighted by molar-refractivity contribution is 5.37. The highest BCUT2D eigenvalue weighted by Gasteiger charge is 2.25. The van der Waals surface area contributed by atoms with Crippen LogP contribution >= 0.6 is 0 Å². The van der Waals surface area contributed by atoms with E-state index >= 15 is 0 Å². The molecule has 0 amide bonds. The molecule has 3 heteroatoms. The molecule has 3 nitrogen and oxygen atoms in total. The van der Waals surface area contributed by atoms with Crippen LogP contribution in [0, 0.1) is 6.92 Å². The van der Waals surface area contributed by atoms with Crippen molar-refractivity contribution >= 4 is 5.82 Å². The summed E-state index contributed by atoms with van der Waals surface area (Å²) in [7, 11) is 0. The summed E-state index contributed by atoms with van der Waals surface area (Å²) in [4.78, 5) is 4.37.